The maximum atomic E-state index is 13.7. The van der Waals surface area contributed by atoms with Crippen LogP contribution < -0.4 is 10.6 Å². The molecular formula is C20H30FN3O3. The number of halogens is 1. The molecule has 0 unspecified atom stereocenters. The quantitative estimate of drug-likeness (QED) is 0.747. The van der Waals surface area contributed by atoms with E-state index in [0.717, 1.165) is 5.56 Å². The zero-order chi connectivity index (χ0) is 20.0. The fourth-order valence-corrected chi connectivity index (χ4v) is 3.38. The lowest BCUT2D eigenvalue weighted by molar-refractivity contribution is -0.127. The third-order valence-corrected chi connectivity index (χ3v) is 4.80. The van der Waals surface area contributed by atoms with Gasteiger partial charge < -0.3 is 20.3 Å². The largest absolute Gasteiger partial charge is 0.383 e. The van der Waals surface area contributed by atoms with E-state index in [0.29, 0.717) is 38.1 Å². The van der Waals surface area contributed by atoms with E-state index in [9.17, 15) is 14.0 Å². The van der Waals surface area contributed by atoms with Crippen molar-refractivity contribution in [1.29, 1.82) is 0 Å². The molecule has 7 heteroatoms. The van der Waals surface area contributed by atoms with Crippen molar-refractivity contribution in [3.8, 4) is 0 Å². The highest BCUT2D eigenvalue weighted by atomic mass is 19.1. The number of hydrogen-bond donors (Lipinski definition) is 2. The molecule has 1 aliphatic rings. The van der Waals surface area contributed by atoms with Crippen molar-refractivity contribution in [2.24, 2.45) is 5.92 Å². The molecule has 6 nitrogen and oxygen atoms in total. The Morgan fingerprint density at radius 1 is 1.33 bits per heavy atom. The molecule has 0 bridgehead atoms. The maximum absolute atomic E-state index is 13.7. The Morgan fingerprint density at radius 3 is 2.70 bits per heavy atom. The van der Waals surface area contributed by atoms with Crippen molar-refractivity contribution in [2.45, 2.75) is 45.7 Å². The van der Waals surface area contributed by atoms with E-state index < -0.39 is 0 Å². The molecule has 27 heavy (non-hydrogen) atoms. The number of hydrogen-bond acceptors (Lipinski definition) is 3. The first-order valence-electron chi connectivity index (χ1n) is 9.43. The van der Waals surface area contributed by atoms with E-state index in [1.807, 2.05) is 13.8 Å². The first-order chi connectivity index (χ1) is 12.8. The zero-order valence-corrected chi connectivity index (χ0v) is 16.5. The van der Waals surface area contributed by atoms with Gasteiger partial charge in [0.1, 0.15) is 5.82 Å². The Balaban J connectivity index is 2.17. The number of aryl methyl sites for hydroxylation is 1. The van der Waals surface area contributed by atoms with Crippen LogP contribution in [0.3, 0.4) is 0 Å². The number of urea groups is 1. The number of nitrogens with zero attached hydrogens (tertiary/aromatic N) is 1. The second kappa shape index (κ2) is 9.69. The normalized spacial score (nSPS) is 19.9. The van der Waals surface area contributed by atoms with Crippen LogP contribution in [0, 0.1) is 18.7 Å². The van der Waals surface area contributed by atoms with Crippen molar-refractivity contribution < 1.29 is 18.7 Å². The summed E-state index contributed by atoms with van der Waals surface area (Å²) in [5, 5.41) is 5.76. The predicted octanol–water partition coefficient (Wildman–Crippen LogP) is 2.77. The number of carbonyl (C=O) groups is 2. The van der Waals surface area contributed by atoms with Crippen molar-refractivity contribution in [2.75, 3.05) is 26.8 Å². The van der Waals surface area contributed by atoms with E-state index in [2.05, 4.69) is 10.6 Å². The van der Waals surface area contributed by atoms with Gasteiger partial charge in [0, 0.05) is 26.2 Å². The summed E-state index contributed by atoms with van der Waals surface area (Å²) in [5.74, 6) is -0.594. The maximum Gasteiger partial charge on any atom is 0.318 e. The number of piperidine rings is 1. The van der Waals surface area contributed by atoms with Gasteiger partial charge in [-0.1, -0.05) is 12.1 Å². The highest BCUT2D eigenvalue weighted by Gasteiger charge is 2.35. The summed E-state index contributed by atoms with van der Waals surface area (Å²) < 4.78 is 18.6. The van der Waals surface area contributed by atoms with Crippen molar-refractivity contribution in [3.63, 3.8) is 0 Å². The van der Waals surface area contributed by atoms with Crippen LogP contribution >= 0.6 is 0 Å². The van der Waals surface area contributed by atoms with Gasteiger partial charge in [0.15, 0.2) is 0 Å². The zero-order valence-electron chi connectivity index (χ0n) is 16.5. The highest BCUT2D eigenvalue weighted by Crippen LogP contribution is 2.34. The van der Waals surface area contributed by atoms with Gasteiger partial charge in [-0.2, -0.15) is 0 Å². The molecule has 2 atom stereocenters. The SMILES string of the molecule is COCCNC(=O)[C@H]1CC[C@@H](c2ccc(F)c(C)c2)N(C(=O)NC(C)C)C1. The molecule has 2 N–H and O–H groups in total. The summed E-state index contributed by atoms with van der Waals surface area (Å²) in [6.45, 7) is 6.74. The Bertz CT molecular complexity index is 666. The van der Waals surface area contributed by atoms with E-state index in [1.165, 1.54) is 6.07 Å². The lowest BCUT2D eigenvalue weighted by Gasteiger charge is -2.40. The Morgan fingerprint density at radius 2 is 2.07 bits per heavy atom. The molecule has 1 saturated heterocycles. The third-order valence-electron chi connectivity index (χ3n) is 4.80. The van der Waals surface area contributed by atoms with Crippen LogP contribution in [0.15, 0.2) is 18.2 Å². The van der Waals surface area contributed by atoms with Crippen LogP contribution in [0.25, 0.3) is 0 Å². The van der Waals surface area contributed by atoms with Crippen LogP contribution in [0.5, 0.6) is 0 Å². The van der Waals surface area contributed by atoms with Crippen molar-refractivity contribution in [1.82, 2.24) is 15.5 Å². The second-order valence-corrected chi connectivity index (χ2v) is 7.34. The summed E-state index contributed by atoms with van der Waals surface area (Å²) >= 11 is 0. The molecule has 0 saturated carbocycles. The molecule has 0 aromatic heterocycles. The molecule has 1 fully saturated rings. The number of nitrogens with one attached hydrogen (secondary N) is 2. The molecule has 2 rings (SSSR count). The van der Waals surface area contributed by atoms with Gasteiger partial charge >= 0.3 is 6.03 Å². The number of carbonyl (C=O) groups excluding carboxylic acids is 2. The predicted molar refractivity (Wildman–Crippen MR) is 102 cm³/mol. The van der Waals surface area contributed by atoms with Crippen LogP contribution in [0.2, 0.25) is 0 Å². The lowest BCUT2D eigenvalue weighted by Crippen LogP contribution is -2.51. The molecule has 0 aliphatic carbocycles. The van der Waals surface area contributed by atoms with Gasteiger partial charge in [-0.3, -0.25) is 4.79 Å². The van der Waals surface area contributed by atoms with E-state index in [-0.39, 0.29) is 35.8 Å². The van der Waals surface area contributed by atoms with Crippen LogP contribution in [0.1, 0.15) is 43.9 Å². The molecule has 1 aromatic carbocycles. The van der Waals surface area contributed by atoms with E-state index in [1.54, 1.807) is 31.1 Å². The summed E-state index contributed by atoms with van der Waals surface area (Å²) in [6, 6.07) is 4.56. The summed E-state index contributed by atoms with van der Waals surface area (Å²) in [7, 11) is 1.58. The summed E-state index contributed by atoms with van der Waals surface area (Å²) in [5.41, 5.74) is 1.45. The highest BCUT2D eigenvalue weighted by molar-refractivity contribution is 5.81. The topological polar surface area (TPSA) is 70.7 Å². The lowest BCUT2D eigenvalue weighted by atomic mass is 9.88. The van der Waals surface area contributed by atoms with Crippen molar-refractivity contribution >= 4 is 11.9 Å². The number of benzene rings is 1. The van der Waals surface area contributed by atoms with E-state index >= 15 is 0 Å². The number of rotatable bonds is 6. The van der Waals surface area contributed by atoms with Gasteiger partial charge in [0.05, 0.1) is 18.6 Å². The van der Waals surface area contributed by atoms with Crippen LogP contribution in [0.4, 0.5) is 9.18 Å². The van der Waals surface area contributed by atoms with Gasteiger partial charge in [0.2, 0.25) is 5.91 Å². The monoisotopic (exact) mass is 379 g/mol. The standard InChI is InChI=1S/C20H30FN3O3/c1-13(2)23-20(26)24-12-16(19(25)22-9-10-27-4)6-8-18(24)15-5-7-17(21)14(3)11-15/h5,7,11,13,16,18H,6,8-10,12H2,1-4H3,(H,22,25)(H,23,26)/t16-,18-/m0/s1. The molecule has 3 amide bonds. The van der Waals surface area contributed by atoms with Crippen LogP contribution in [-0.4, -0.2) is 49.7 Å². The summed E-state index contributed by atoms with van der Waals surface area (Å²) in [4.78, 5) is 26.9. The van der Waals surface area contributed by atoms with Gasteiger partial charge in [0.25, 0.3) is 0 Å². The molecule has 1 aromatic rings. The minimum absolute atomic E-state index is 0.0102. The molecule has 1 heterocycles. The molecular weight excluding hydrogens is 349 g/mol. The minimum atomic E-state index is -0.266. The molecule has 150 valence electrons. The average molecular weight is 379 g/mol. The number of likely N-dealkylation sites (tertiary alicyclic amines) is 1. The number of amides is 3. The fraction of sp³-hybridized carbons (Fsp3) is 0.600. The van der Waals surface area contributed by atoms with Gasteiger partial charge in [-0.15, -0.1) is 0 Å². The smallest absolute Gasteiger partial charge is 0.318 e. The summed E-state index contributed by atoms with van der Waals surface area (Å²) in [6.07, 6.45) is 1.32. The van der Waals surface area contributed by atoms with Crippen LogP contribution in [-0.2, 0) is 9.53 Å². The molecule has 1 aliphatic heterocycles. The first-order valence-corrected chi connectivity index (χ1v) is 9.43. The number of ether oxygens (including phenoxy) is 1. The Kier molecular flexibility index (Phi) is 7.59. The Hall–Kier alpha value is -2.15. The fourth-order valence-electron chi connectivity index (χ4n) is 3.38. The van der Waals surface area contributed by atoms with Crippen molar-refractivity contribution in [3.05, 3.63) is 35.1 Å². The molecule has 0 radical (unpaired) electrons. The second-order valence-electron chi connectivity index (χ2n) is 7.34. The van der Waals surface area contributed by atoms with Gasteiger partial charge in [-0.25, -0.2) is 9.18 Å². The Labute approximate surface area is 160 Å². The van der Waals surface area contributed by atoms with Gasteiger partial charge in [-0.05, 0) is 50.8 Å². The average Bonchev–Trinajstić information content (AvgIpc) is 2.63. The van der Waals surface area contributed by atoms with E-state index in [4.69, 9.17) is 4.74 Å². The first kappa shape index (κ1) is 21.2. The minimum Gasteiger partial charge on any atom is -0.383 e. The number of methoxy groups -OCH3 is 1. The molecule has 0 spiro atoms. The third kappa shape index (κ3) is 5.66.